The first-order chi connectivity index (χ1) is 6.22. The molecule has 13 heavy (non-hydrogen) atoms. The zero-order chi connectivity index (χ0) is 9.42. The molecule has 0 saturated heterocycles. The van der Waals surface area contributed by atoms with Gasteiger partial charge in [0.2, 0.25) is 0 Å². The lowest BCUT2D eigenvalue weighted by Gasteiger charge is -1.94. The lowest BCUT2D eigenvalue weighted by molar-refractivity contribution is 0.112. The first-order valence-electron chi connectivity index (χ1n) is 3.68. The van der Waals surface area contributed by atoms with Crippen molar-refractivity contribution in [3.05, 3.63) is 29.7 Å². The summed E-state index contributed by atoms with van der Waals surface area (Å²) >= 11 is 0. The van der Waals surface area contributed by atoms with Crippen molar-refractivity contribution in [2.24, 2.45) is 0 Å². The van der Waals surface area contributed by atoms with Gasteiger partial charge in [0.25, 0.3) is 0 Å². The lowest BCUT2D eigenvalue weighted by Crippen LogP contribution is -1.78. The van der Waals surface area contributed by atoms with Gasteiger partial charge in [-0.2, -0.15) is 0 Å². The quantitative estimate of drug-likeness (QED) is 0.656. The van der Waals surface area contributed by atoms with Gasteiger partial charge in [0.15, 0.2) is 6.29 Å². The Bertz CT molecular complexity index is 437. The molecule has 0 fully saturated rings. The van der Waals surface area contributed by atoms with Crippen LogP contribution in [0.4, 0.5) is 4.39 Å². The fourth-order valence-electron chi connectivity index (χ4n) is 1.25. The summed E-state index contributed by atoms with van der Waals surface area (Å²) in [6.45, 7) is 0. The number of aldehydes is 1. The van der Waals surface area contributed by atoms with Crippen LogP contribution >= 0.6 is 0 Å². The van der Waals surface area contributed by atoms with Gasteiger partial charge in [0, 0.05) is 5.39 Å². The van der Waals surface area contributed by atoms with E-state index in [1.54, 1.807) is 0 Å². The molecule has 0 unspecified atom stereocenters. The second-order valence-electron chi connectivity index (χ2n) is 2.70. The van der Waals surface area contributed by atoms with Gasteiger partial charge < -0.3 is 10.1 Å². The van der Waals surface area contributed by atoms with Crippen molar-refractivity contribution >= 4 is 17.2 Å². The molecule has 0 radical (unpaired) electrons. The first-order valence-corrected chi connectivity index (χ1v) is 3.68. The Kier molecular flexibility index (Phi) is 1.55. The van der Waals surface area contributed by atoms with Crippen molar-refractivity contribution in [3.8, 4) is 5.75 Å². The van der Waals surface area contributed by atoms with Gasteiger partial charge in [-0.25, -0.2) is 4.39 Å². The number of hydrogen-bond acceptors (Lipinski definition) is 2. The average Bonchev–Trinajstić information content (AvgIpc) is 2.56. The van der Waals surface area contributed by atoms with Crippen LogP contribution in [-0.2, 0) is 0 Å². The second kappa shape index (κ2) is 2.58. The summed E-state index contributed by atoms with van der Waals surface area (Å²) < 4.78 is 13.1. The second-order valence-corrected chi connectivity index (χ2v) is 2.70. The van der Waals surface area contributed by atoms with Crippen LogP contribution in [0.15, 0.2) is 18.2 Å². The van der Waals surface area contributed by atoms with Crippen LogP contribution < -0.4 is 0 Å². The van der Waals surface area contributed by atoms with Crippen LogP contribution in [-0.4, -0.2) is 16.4 Å². The number of carbonyl (C=O) groups excluding carboxylic acids is 1. The van der Waals surface area contributed by atoms with Gasteiger partial charge in [-0.1, -0.05) is 0 Å². The van der Waals surface area contributed by atoms with Gasteiger partial charge >= 0.3 is 0 Å². The Hall–Kier alpha value is -1.84. The van der Waals surface area contributed by atoms with Gasteiger partial charge in [0.1, 0.15) is 11.6 Å². The highest BCUT2D eigenvalue weighted by atomic mass is 19.1. The number of phenolic OH excluding ortho intramolecular Hbond substituents is 1. The maximum atomic E-state index is 13.1. The van der Waals surface area contributed by atoms with E-state index in [4.69, 9.17) is 0 Å². The number of nitrogens with one attached hydrogen (secondary N) is 1. The monoisotopic (exact) mass is 179 g/mol. The predicted octanol–water partition coefficient (Wildman–Crippen LogP) is 1.83. The normalized spacial score (nSPS) is 10.5. The number of aromatic amines is 1. The van der Waals surface area contributed by atoms with E-state index in [-0.39, 0.29) is 17.0 Å². The molecule has 0 aliphatic heterocycles. The first kappa shape index (κ1) is 7.79. The van der Waals surface area contributed by atoms with Crippen LogP contribution in [0.5, 0.6) is 5.75 Å². The number of hydrogen-bond donors (Lipinski definition) is 2. The molecule has 0 aliphatic rings. The van der Waals surface area contributed by atoms with E-state index in [1.807, 2.05) is 0 Å². The largest absolute Gasteiger partial charge is 0.507 e. The molecular formula is C9H6FNO2. The highest BCUT2D eigenvalue weighted by molar-refractivity contribution is 5.92. The molecule has 2 aromatic rings. The Morgan fingerprint density at radius 1 is 1.46 bits per heavy atom. The Morgan fingerprint density at radius 3 is 2.85 bits per heavy atom. The van der Waals surface area contributed by atoms with E-state index in [1.165, 1.54) is 12.1 Å². The van der Waals surface area contributed by atoms with Crippen molar-refractivity contribution in [1.82, 2.24) is 4.98 Å². The van der Waals surface area contributed by atoms with Crippen LogP contribution in [0.3, 0.4) is 0 Å². The molecule has 0 amide bonds. The number of carbonyl (C=O) groups is 1. The highest BCUT2D eigenvalue weighted by Gasteiger charge is 2.08. The number of benzene rings is 1. The minimum absolute atomic E-state index is 0.0410. The van der Waals surface area contributed by atoms with Crippen LogP contribution in [0, 0.1) is 5.82 Å². The Balaban J connectivity index is 2.87. The van der Waals surface area contributed by atoms with Crippen molar-refractivity contribution in [2.75, 3.05) is 0 Å². The molecule has 0 saturated carbocycles. The third-order valence-electron chi connectivity index (χ3n) is 1.87. The van der Waals surface area contributed by atoms with Gasteiger partial charge in [-0.15, -0.1) is 0 Å². The summed E-state index contributed by atoms with van der Waals surface area (Å²) in [6.07, 6.45) is 0.568. The smallest absolute Gasteiger partial charge is 0.166 e. The maximum absolute atomic E-state index is 13.1. The lowest BCUT2D eigenvalue weighted by atomic mass is 10.2. The SMILES string of the molecule is O=Cc1cc2c(O)ccc(F)c2[nH]1. The predicted molar refractivity (Wildman–Crippen MR) is 45.3 cm³/mol. The third kappa shape index (κ3) is 1.07. The summed E-state index contributed by atoms with van der Waals surface area (Å²) in [6, 6.07) is 3.80. The van der Waals surface area contributed by atoms with Gasteiger partial charge in [-0.3, -0.25) is 4.79 Å². The molecule has 4 heteroatoms. The van der Waals surface area contributed by atoms with Crippen molar-refractivity contribution in [2.45, 2.75) is 0 Å². The van der Waals surface area contributed by atoms with Crippen LogP contribution in [0.2, 0.25) is 0 Å². The van der Waals surface area contributed by atoms with Crippen LogP contribution in [0.25, 0.3) is 10.9 Å². The number of rotatable bonds is 1. The summed E-state index contributed by atoms with van der Waals surface area (Å²) in [5.41, 5.74) is 0.400. The fourth-order valence-corrected chi connectivity index (χ4v) is 1.25. The highest BCUT2D eigenvalue weighted by Crippen LogP contribution is 2.26. The molecule has 1 aromatic carbocycles. The topological polar surface area (TPSA) is 53.1 Å². The molecule has 66 valence electrons. The van der Waals surface area contributed by atoms with E-state index in [0.717, 1.165) is 6.07 Å². The number of phenols is 1. The van der Waals surface area contributed by atoms with E-state index in [0.29, 0.717) is 11.7 Å². The minimum atomic E-state index is -0.485. The molecule has 3 nitrogen and oxygen atoms in total. The van der Waals surface area contributed by atoms with Crippen LogP contribution in [0.1, 0.15) is 10.5 Å². The standard InChI is InChI=1S/C9H6FNO2/c10-7-1-2-8(13)6-3-5(4-12)11-9(6)7/h1-4,11,13H. The summed E-state index contributed by atoms with van der Waals surface area (Å²) in [5.74, 6) is -0.526. The van der Waals surface area contributed by atoms with E-state index < -0.39 is 5.82 Å². The van der Waals surface area contributed by atoms with E-state index in [9.17, 15) is 14.3 Å². The number of halogens is 1. The molecule has 0 atom stereocenters. The number of fused-ring (bicyclic) bond motifs is 1. The molecular weight excluding hydrogens is 173 g/mol. The van der Waals surface area contributed by atoms with E-state index >= 15 is 0 Å². The maximum Gasteiger partial charge on any atom is 0.166 e. The average molecular weight is 179 g/mol. The van der Waals surface area contributed by atoms with Gasteiger partial charge in [0.05, 0.1) is 11.2 Å². The zero-order valence-electron chi connectivity index (χ0n) is 6.54. The molecule has 0 aliphatic carbocycles. The zero-order valence-corrected chi connectivity index (χ0v) is 6.54. The van der Waals surface area contributed by atoms with Gasteiger partial charge in [-0.05, 0) is 18.2 Å². The summed E-state index contributed by atoms with van der Waals surface area (Å²) in [5, 5.41) is 9.62. The number of aromatic hydroxyl groups is 1. The number of H-pyrrole nitrogens is 1. The summed E-state index contributed by atoms with van der Waals surface area (Å²) in [7, 11) is 0. The number of aromatic nitrogens is 1. The van der Waals surface area contributed by atoms with Crippen molar-refractivity contribution in [1.29, 1.82) is 0 Å². The molecule has 2 rings (SSSR count). The summed E-state index contributed by atoms with van der Waals surface area (Å²) in [4.78, 5) is 12.9. The molecule has 0 bridgehead atoms. The van der Waals surface area contributed by atoms with Crippen molar-refractivity contribution < 1.29 is 14.3 Å². The molecule has 1 heterocycles. The Morgan fingerprint density at radius 2 is 2.23 bits per heavy atom. The molecule has 0 spiro atoms. The minimum Gasteiger partial charge on any atom is -0.507 e. The Labute approximate surface area is 72.8 Å². The molecule has 2 N–H and O–H groups in total. The van der Waals surface area contributed by atoms with Crippen molar-refractivity contribution in [3.63, 3.8) is 0 Å². The molecule has 1 aromatic heterocycles. The third-order valence-corrected chi connectivity index (χ3v) is 1.87. The van der Waals surface area contributed by atoms with E-state index in [2.05, 4.69) is 4.98 Å². The fraction of sp³-hybridized carbons (Fsp3) is 0.